The third-order valence-corrected chi connectivity index (χ3v) is 4.70. The molecule has 2 aromatic heterocycles. The molecule has 1 aliphatic rings. The lowest BCUT2D eigenvalue weighted by molar-refractivity contribution is 0.0697. The molecule has 0 saturated carbocycles. The van der Waals surface area contributed by atoms with Crippen LogP contribution in [-0.2, 0) is 13.5 Å². The van der Waals surface area contributed by atoms with Gasteiger partial charge in [0.05, 0.1) is 23.0 Å². The maximum atomic E-state index is 12.0. The molecule has 0 amide bonds. The number of nitrogens with zero attached hydrogens (tertiary/aromatic N) is 3. The van der Waals surface area contributed by atoms with Crippen molar-refractivity contribution in [1.82, 2.24) is 14.8 Å². The lowest BCUT2D eigenvalue weighted by Gasteiger charge is -2.26. The molecule has 1 aliphatic carbocycles. The summed E-state index contributed by atoms with van der Waals surface area (Å²) in [6.07, 6.45) is 7.45. The van der Waals surface area contributed by atoms with Crippen LogP contribution in [0.15, 0.2) is 36.7 Å². The molecule has 0 bridgehead atoms. The Balaban J connectivity index is 2.00. The SMILES string of the molecule is CC1C/C(=C\c2cnn(C)c2)c2nc3ccccc3c(C(=O)O)c2C1. The van der Waals surface area contributed by atoms with Gasteiger partial charge >= 0.3 is 5.97 Å². The highest BCUT2D eigenvalue weighted by molar-refractivity contribution is 6.05. The maximum Gasteiger partial charge on any atom is 0.336 e. The van der Waals surface area contributed by atoms with Gasteiger partial charge in [-0.2, -0.15) is 5.10 Å². The van der Waals surface area contributed by atoms with Crippen LogP contribution in [0.4, 0.5) is 0 Å². The number of fused-ring (bicyclic) bond motifs is 2. The molecule has 5 nitrogen and oxygen atoms in total. The van der Waals surface area contributed by atoms with Crippen molar-refractivity contribution < 1.29 is 9.90 Å². The summed E-state index contributed by atoms with van der Waals surface area (Å²) < 4.78 is 1.76. The molecule has 0 spiro atoms. The Morgan fingerprint density at radius 1 is 1.32 bits per heavy atom. The van der Waals surface area contributed by atoms with Crippen LogP contribution < -0.4 is 0 Å². The highest BCUT2D eigenvalue weighted by Crippen LogP contribution is 2.38. The number of hydrogen-bond acceptors (Lipinski definition) is 3. The Morgan fingerprint density at radius 3 is 2.84 bits per heavy atom. The number of pyridine rings is 1. The third kappa shape index (κ3) is 2.71. The number of aromatic carboxylic acids is 1. The molecule has 5 heteroatoms. The van der Waals surface area contributed by atoms with E-state index in [4.69, 9.17) is 4.98 Å². The van der Waals surface area contributed by atoms with Gasteiger partial charge in [-0.3, -0.25) is 4.68 Å². The number of aromatic nitrogens is 3. The fourth-order valence-corrected chi connectivity index (χ4v) is 3.70. The summed E-state index contributed by atoms with van der Waals surface area (Å²) in [5.41, 5.74) is 4.87. The molecule has 1 atom stereocenters. The van der Waals surface area contributed by atoms with Gasteiger partial charge in [0.15, 0.2) is 0 Å². The van der Waals surface area contributed by atoms with Crippen LogP contribution in [0, 0.1) is 5.92 Å². The van der Waals surface area contributed by atoms with Crippen LogP contribution in [0.5, 0.6) is 0 Å². The quantitative estimate of drug-likeness (QED) is 0.775. The van der Waals surface area contributed by atoms with E-state index in [1.807, 2.05) is 43.7 Å². The number of carboxylic acids is 1. The molecule has 0 saturated heterocycles. The summed E-state index contributed by atoms with van der Waals surface area (Å²) in [5.74, 6) is -0.513. The lowest BCUT2D eigenvalue weighted by atomic mass is 9.80. The smallest absolute Gasteiger partial charge is 0.336 e. The number of aryl methyl sites for hydroxylation is 1. The summed E-state index contributed by atoms with van der Waals surface area (Å²) >= 11 is 0. The molecular weight excluding hydrogens is 314 g/mol. The number of carboxylic acid groups (broad SMARTS) is 1. The second-order valence-corrected chi connectivity index (χ2v) is 6.77. The van der Waals surface area contributed by atoms with Crippen molar-refractivity contribution in [2.24, 2.45) is 13.0 Å². The zero-order valence-corrected chi connectivity index (χ0v) is 14.2. The molecule has 0 aliphatic heterocycles. The van der Waals surface area contributed by atoms with Gasteiger partial charge in [-0.1, -0.05) is 25.1 Å². The number of rotatable bonds is 2. The van der Waals surface area contributed by atoms with Crippen molar-refractivity contribution in [1.29, 1.82) is 0 Å². The number of para-hydroxylation sites is 1. The summed E-state index contributed by atoms with van der Waals surface area (Å²) in [7, 11) is 1.88. The Morgan fingerprint density at radius 2 is 2.12 bits per heavy atom. The first-order chi connectivity index (χ1) is 12.0. The molecule has 0 radical (unpaired) electrons. The largest absolute Gasteiger partial charge is 0.478 e. The second-order valence-electron chi connectivity index (χ2n) is 6.77. The Labute approximate surface area is 145 Å². The van der Waals surface area contributed by atoms with E-state index in [0.717, 1.165) is 40.8 Å². The normalized spacial score (nSPS) is 18.5. The first-order valence-corrected chi connectivity index (χ1v) is 8.37. The second kappa shape index (κ2) is 5.84. The first kappa shape index (κ1) is 15.6. The minimum absolute atomic E-state index is 0.372. The van der Waals surface area contributed by atoms with Crippen molar-refractivity contribution >= 4 is 28.5 Å². The van der Waals surface area contributed by atoms with Crippen LogP contribution in [-0.4, -0.2) is 25.8 Å². The van der Waals surface area contributed by atoms with Gasteiger partial charge in [-0.25, -0.2) is 9.78 Å². The molecule has 1 N–H and O–H groups in total. The van der Waals surface area contributed by atoms with E-state index in [0.29, 0.717) is 16.9 Å². The molecule has 3 aromatic rings. The van der Waals surface area contributed by atoms with Gasteiger partial charge < -0.3 is 5.11 Å². The first-order valence-electron chi connectivity index (χ1n) is 8.37. The number of hydrogen-bond donors (Lipinski definition) is 1. The monoisotopic (exact) mass is 333 g/mol. The molecule has 2 heterocycles. The van der Waals surface area contributed by atoms with Crippen molar-refractivity contribution in [3.05, 3.63) is 59.0 Å². The standard InChI is InChI=1S/C20H19N3O2/c1-12-7-14(9-13-10-21-23(2)11-13)19-16(8-12)18(20(24)25)15-5-3-4-6-17(15)22-19/h3-6,9-12H,7-8H2,1-2H3,(H,24,25)/b14-9+. The average Bonchev–Trinajstić information content (AvgIpc) is 2.97. The van der Waals surface area contributed by atoms with E-state index in [-0.39, 0.29) is 0 Å². The summed E-state index contributed by atoms with van der Waals surface area (Å²) in [4.78, 5) is 16.8. The maximum absolute atomic E-state index is 12.0. The Hall–Kier alpha value is -2.95. The van der Waals surface area contributed by atoms with E-state index in [1.54, 1.807) is 4.68 Å². The highest BCUT2D eigenvalue weighted by Gasteiger charge is 2.27. The van der Waals surface area contributed by atoms with Crippen molar-refractivity contribution in [2.75, 3.05) is 0 Å². The third-order valence-electron chi connectivity index (χ3n) is 4.70. The fourth-order valence-electron chi connectivity index (χ4n) is 3.70. The van der Waals surface area contributed by atoms with Gasteiger partial charge in [-0.15, -0.1) is 0 Å². The highest BCUT2D eigenvalue weighted by atomic mass is 16.4. The summed E-state index contributed by atoms with van der Waals surface area (Å²) in [5, 5.41) is 14.8. The van der Waals surface area contributed by atoms with Crippen LogP contribution in [0.3, 0.4) is 0 Å². The summed E-state index contributed by atoms with van der Waals surface area (Å²) in [6.45, 7) is 2.15. The van der Waals surface area contributed by atoms with Crippen molar-refractivity contribution in [3.8, 4) is 0 Å². The van der Waals surface area contributed by atoms with Gasteiger partial charge in [0.25, 0.3) is 0 Å². The number of benzene rings is 1. The Kier molecular flexibility index (Phi) is 3.64. The predicted octanol–water partition coefficient (Wildman–Crippen LogP) is 3.79. The van der Waals surface area contributed by atoms with Crippen molar-refractivity contribution in [2.45, 2.75) is 19.8 Å². The molecule has 0 fully saturated rings. The molecule has 4 rings (SSSR count). The van der Waals surface area contributed by atoms with Crippen LogP contribution in [0.25, 0.3) is 22.6 Å². The molecular formula is C20H19N3O2. The molecule has 126 valence electrons. The van der Waals surface area contributed by atoms with E-state index >= 15 is 0 Å². The Bertz CT molecular complexity index is 1020. The molecule has 25 heavy (non-hydrogen) atoms. The number of carbonyl (C=O) groups is 1. The average molecular weight is 333 g/mol. The van der Waals surface area contributed by atoms with Crippen LogP contribution >= 0.6 is 0 Å². The fraction of sp³-hybridized carbons (Fsp3) is 0.250. The van der Waals surface area contributed by atoms with Crippen molar-refractivity contribution in [3.63, 3.8) is 0 Å². The number of allylic oxidation sites excluding steroid dienone is 1. The zero-order valence-electron chi connectivity index (χ0n) is 14.2. The van der Waals surface area contributed by atoms with Gasteiger partial charge in [0.2, 0.25) is 0 Å². The van der Waals surface area contributed by atoms with Gasteiger partial charge in [0, 0.05) is 24.2 Å². The van der Waals surface area contributed by atoms with E-state index in [1.165, 1.54) is 0 Å². The van der Waals surface area contributed by atoms with Gasteiger partial charge in [0.1, 0.15) is 0 Å². The topological polar surface area (TPSA) is 68.0 Å². The zero-order chi connectivity index (χ0) is 17.6. The summed E-state index contributed by atoms with van der Waals surface area (Å²) in [6, 6.07) is 7.47. The van der Waals surface area contributed by atoms with Crippen LogP contribution in [0.2, 0.25) is 0 Å². The lowest BCUT2D eigenvalue weighted by Crippen LogP contribution is -2.17. The van der Waals surface area contributed by atoms with E-state index in [2.05, 4.69) is 18.1 Å². The predicted molar refractivity (Wildman–Crippen MR) is 97.3 cm³/mol. The minimum Gasteiger partial charge on any atom is -0.478 e. The minimum atomic E-state index is -0.885. The molecule has 1 unspecified atom stereocenters. The van der Waals surface area contributed by atoms with E-state index < -0.39 is 5.97 Å². The van der Waals surface area contributed by atoms with E-state index in [9.17, 15) is 9.90 Å². The van der Waals surface area contributed by atoms with Crippen LogP contribution in [0.1, 0.15) is 40.5 Å². The van der Waals surface area contributed by atoms with Gasteiger partial charge in [-0.05, 0) is 42.0 Å². The molecule has 1 aromatic carbocycles.